The molecule has 1 aliphatic heterocycles. The van der Waals surface area contributed by atoms with E-state index >= 15 is 0 Å². The monoisotopic (exact) mass is 196 g/mol. The fraction of sp³-hybridized carbons (Fsp3) is 0.625. The van der Waals surface area contributed by atoms with E-state index in [0.29, 0.717) is 32.0 Å². The van der Waals surface area contributed by atoms with Crippen LogP contribution in [0.4, 0.5) is 0 Å². The average Bonchev–Trinajstić information content (AvgIpc) is 2.65. The minimum absolute atomic E-state index is 0.0681. The third-order valence-corrected chi connectivity index (χ3v) is 2.12. The lowest BCUT2D eigenvalue weighted by Gasteiger charge is -2.25. The van der Waals surface area contributed by atoms with E-state index in [0.717, 1.165) is 0 Å². The van der Waals surface area contributed by atoms with Crippen LogP contribution in [0, 0.1) is 0 Å². The maximum absolute atomic E-state index is 11.8. The fourth-order valence-corrected chi connectivity index (χ4v) is 1.37. The van der Waals surface area contributed by atoms with Crippen LogP contribution in [0.3, 0.4) is 0 Å². The lowest BCUT2D eigenvalue weighted by atomic mass is 10.3. The van der Waals surface area contributed by atoms with Crippen molar-refractivity contribution in [3.63, 3.8) is 0 Å². The Hall–Kier alpha value is -1.43. The van der Waals surface area contributed by atoms with Crippen LogP contribution < -0.4 is 0 Å². The van der Waals surface area contributed by atoms with Gasteiger partial charge in [0.15, 0.2) is 5.69 Å². The molecule has 0 aromatic carbocycles. The summed E-state index contributed by atoms with van der Waals surface area (Å²) in [7, 11) is 1.69. The minimum atomic E-state index is -0.0681. The van der Waals surface area contributed by atoms with Gasteiger partial charge >= 0.3 is 0 Å². The van der Waals surface area contributed by atoms with Crippen molar-refractivity contribution in [2.24, 2.45) is 7.05 Å². The lowest BCUT2D eigenvalue weighted by molar-refractivity contribution is 0.0298. The molecule has 2 heterocycles. The summed E-state index contributed by atoms with van der Waals surface area (Å²) in [5, 5.41) is 7.82. The molecule has 1 fully saturated rings. The summed E-state index contributed by atoms with van der Waals surface area (Å²) in [6.45, 7) is 2.48. The van der Waals surface area contributed by atoms with Gasteiger partial charge in [-0.3, -0.25) is 4.79 Å². The molecule has 1 amide bonds. The molecule has 0 bridgehead atoms. The van der Waals surface area contributed by atoms with Crippen molar-refractivity contribution in [2.45, 2.75) is 0 Å². The number of morpholine rings is 1. The smallest absolute Gasteiger partial charge is 0.276 e. The number of aromatic nitrogens is 3. The Morgan fingerprint density at radius 2 is 2.21 bits per heavy atom. The Morgan fingerprint density at radius 1 is 1.50 bits per heavy atom. The zero-order valence-corrected chi connectivity index (χ0v) is 8.01. The van der Waals surface area contributed by atoms with Crippen LogP contribution in [0.1, 0.15) is 10.5 Å². The molecule has 1 aliphatic rings. The lowest BCUT2D eigenvalue weighted by Crippen LogP contribution is -2.40. The van der Waals surface area contributed by atoms with Gasteiger partial charge in [0.2, 0.25) is 0 Å². The largest absolute Gasteiger partial charge is 0.378 e. The first-order valence-corrected chi connectivity index (χ1v) is 4.51. The first-order valence-electron chi connectivity index (χ1n) is 4.51. The molecule has 14 heavy (non-hydrogen) atoms. The Morgan fingerprint density at radius 3 is 2.79 bits per heavy atom. The number of amides is 1. The first-order chi connectivity index (χ1) is 6.77. The van der Waals surface area contributed by atoms with Gasteiger partial charge in [0.05, 0.1) is 19.4 Å². The highest BCUT2D eigenvalue weighted by Gasteiger charge is 2.20. The predicted molar refractivity (Wildman–Crippen MR) is 47.7 cm³/mol. The van der Waals surface area contributed by atoms with Crippen molar-refractivity contribution in [1.82, 2.24) is 19.9 Å². The average molecular weight is 196 g/mol. The molecular weight excluding hydrogens is 184 g/mol. The highest BCUT2D eigenvalue weighted by atomic mass is 16.5. The number of carbonyl (C=O) groups is 1. The van der Waals surface area contributed by atoms with E-state index < -0.39 is 0 Å². The molecule has 0 spiro atoms. The summed E-state index contributed by atoms with van der Waals surface area (Å²) in [5.74, 6) is -0.0681. The Balaban J connectivity index is 2.07. The van der Waals surface area contributed by atoms with Crippen LogP contribution >= 0.6 is 0 Å². The standard InChI is InChI=1S/C8H12N4O2/c1-11-9-6-7(10-11)8(13)12-2-4-14-5-3-12/h6H,2-5H2,1H3. The molecule has 1 aromatic rings. The van der Waals surface area contributed by atoms with Gasteiger partial charge < -0.3 is 9.64 Å². The van der Waals surface area contributed by atoms with Crippen LogP contribution in [-0.4, -0.2) is 52.1 Å². The van der Waals surface area contributed by atoms with Crippen LogP contribution in [0.25, 0.3) is 0 Å². The molecule has 0 N–H and O–H groups in total. The van der Waals surface area contributed by atoms with Gasteiger partial charge in [0.25, 0.3) is 5.91 Å². The summed E-state index contributed by atoms with van der Waals surface area (Å²) >= 11 is 0. The van der Waals surface area contributed by atoms with Gasteiger partial charge in [0, 0.05) is 20.1 Å². The van der Waals surface area contributed by atoms with Crippen molar-refractivity contribution >= 4 is 5.91 Å². The second-order valence-corrected chi connectivity index (χ2v) is 3.12. The van der Waals surface area contributed by atoms with Crippen molar-refractivity contribution in [2.75, 3.05) is 26.3 Å². The normalized spacial score (nSPS) is 17.1. The summed E-state index contributed by atoms with van der Waals surface area (Å²) in [4.78, 5) is 14.9. The van der Waals surface area contributed by atoms with Crippen LogP contribution in [0.15, 0.2) is 6.20 Å². The quantitative estimate of drug-likeness (QED) is 0.595. The van der Waals surface area contributed by atoms with Gasteiger partial charge in [0.1, 0.15) is 0 Å². The number of hydrogen-bond acceptors (Lipinski definition) is 4. The third-order valence-electron chi connectivity index (χ3n) is 2.12. The Kier molecular flexibility index (Phi) is 2.45. The van der Waals surface area contributed by atoms with E-state index in [2.05, 4.69) is 10.2 Å². The molecule has 6 heteroatoms. The van der Waals surface area contributed by atoms with Crippen molar-refractivity contribution in [3.8, 4) is 0 Å². The van der Waals surface area contributed by atoms with E-state index in [1.165, 1.54) is 11.0 Å². The van der Waals surface area contributed by atoms with Gasteiger partial charge in [-0.1, -0.05) is 0 Å². The molecule has 0 saturated carbocycles. The molecule has 0 radical (unpaired) electrons. The summed E-state index contributed by atoms with van der Waals surface area (Å²) in [5.41, 5.74) is 0.398. The second-order valence-electron chi connectivity index (χ2n) is 3.12. The summed E-state index contributed by atoms with van der Waals surface area (Å²) < 4.78 is 5.16. The molecule has 1 saturated heterocycles. The Bertz CT molecular complexity index is 330. The maximum Gasteiger partial charge on any atom is 0.276 e. The SMILES string of the molecule is Cn1ncc(C(=O)N2CCOCC2)n1. The molecule has 6 nitrogen and oxygen atoms in total. The highest BCUT2D eigenvalue weighted by molar-refractivity contribution is 5.91. The highest BCUT2D eigenvalue weighted by Crippen LogP contribution is 2.03. The molecule has 1 aromatic heterocycles. The minimum Gasteiger partial charge on any atom is -0.378 e. The number of rotatable bonds is 1. The fourth-order valence-electron chi connectivity index (χ4n) is 1.37. The summed E-state index contributed by atoms with van der Waals surface area (Å²) in [6, 6.07) is 0. The van der Waals surface area contributed by atoms with Crippen LogP contribution in [0.2, 0.25) is 0 Å². The van der Waals surface area contributed by atoms with Gasteiger partial charge in [-0.2, -0.15) is 9.90 Å². The molecule has 0 atom stereocenters. The van der Waals surface area contributed by atoms with E-state index in [1.54, 1.807) is 11.9 Å². The number of aryl methyl sites for hydroxylation is 1. The molecule has 0 aliphatic carbocycles. The molecule has 76 valence electrons. The number of hydrogen-bond donors (Lipinski definition) is 0. The zero-order valence-electron chi connectivity index (χ0n) is 8.01. The summed E-state index contributed by atoms with van der Waals surface area (Å²) in [6.07, 6.45) is 1.48. The molecular formula is C8H12N4O2. The van der Waals surface area contributed by atoms with E-state index in [4.69, 9.17) is 4.74 Å². The van der Waals surface area contributed by atoms with Gasteiger partial charge in [-0.05, 0) is 0 Å². The number of carbonyl (C=O) groups excluding carboxylic acids is 1. The van der Waals surface area contributed by atoms with E-state index in [1.807, 2.05) is 0 Å². The zero-order chi connectivity index (χ0) is 9.97. The van der Waals surface area contributed by atoms with Crippen LogP contribution in [0.5, 0.6) is 0 Å². The Labute approximate surface area is 81.4 Å². The number of ether oxygens (including phenoxy) is 1. The van der Waals surface area contributed by atoms with E-state index in [9.17, 15) is 4.79 Å². The van der Waals surface area contributed by atoms with Gasteiger partial charge in [-0.15, -0.1) is 5.10 Å². The van der Waals surface area contributed by atoms with Crippen molar-refractivity contribution in [1.29, 1.82) is 0 Å². The van der Waals surface area contributed by atoms with Crippen LogP contribution in [-0.2, 0) is 11.8 Å². The second kappa shape index (κ2) is 3.75. The van der Waals surface area contributed by atoms with Gasteiger partial charge in [-0.25, -0.2) is 0 Å². The topological polar surface area (TPSA) is 60.2 Å². The van der Waals surface area contributed by atoms with Crippen molar-refractivity contribution in [3.05, 3.63) is 11.9 Å². The number of nitrogens with zero attached hydrogens (tertiary/aromatic N) is 4. The molecule has 2 rings (SSSR count). The van der Waals surface area contributed by atoms with E-state index in [-0.39, 0.29) is 5.91 Å². The third kappa shape index (κ3) is 1.74. The first kappa shape index (κ1) is 9.14. The van der Waals surface area contributed by atoms with Crippen molar-refractivity contribution < 1.29 is 9.53 Å². The molecule has 0 unspecified atom stereocenters. The maximum atomic E-state index is 11.8. The predicted octanol–water partition coefficient (Wildman–Crippen LogP) is -0.713.